The van der Waals surface area contributed by atoms with E-state index in [1.54, 1.807) is 13.2 Å². The molecule has 1 aliphatic heterocycles. The highest BCUT2D eigenvalue weighted by Crippen LogP contribution is 2.39. The highest BCUT2D eigenvalue weighted by molar-refractivity contribution is 5.59. The van der Waals surface area contributed by atoms with Crippen LogP contribution in [0.1, 0.15) is 34.6 Å². The van der Waals surface area contributed by atoms with Gasteiger partial charge in [0.2, 0.25) is 0 Å². The van der Waals surface area contributed by atoms with Gasteiger partial charge < -0.3 is 24.2 Å². The van der Waals surface area contributed by atoms with Gasteiger partial charge in [-0.3, -0.25) is 4.90 Å². The fourth-order valence-electron chi connectivity index (χ4n) is 5.50. The Morgan fingerprint density at radius 1 is 0.973 bits per heavy atom. The number of ether oxygens (including phenoxy) is 3. The number of anilines is 1. The zero-order chi connectivity index (χ0) is 25.6. The molecule has 0 bridgehead atoms. The Balaban J connectivity index is 1.24. The number of phenolic OH excluding ortho intramolecular Hbond substituents is 1. The predicted molar refractivity (Wildman–Crippen MR) is 147 cm³/mol. The summed E-state index contributed by atoms with van der Waals surface area (Å²) in [6, 6.07) is 20.7. The number of morpholine rings is 1. The number of phenols is 1. The fraction of sp³-hybridized carbons (Fsp3) is 0.419. The minimum atomic E-state index is 0.357. The van der Waals surface area contributed by atoms with Crippen molar-refractivity contribution in [3.05, 3.63) is 82.9 Å². The average molecular weight is 503 g/mol. The van der Waals surface area contributed by atoms with Gasteiger partial charge >= 0.3 is 0 Å². The van der Waals surface area contributed by atoms with E-state index in [1.165, 1.54) is 27.9 Å². The molecule has 3 aromatic rings. The lowest BCUT2D eigenvalue weighted by Crippen LogP contribution is -2.38. The molecule has 6 nitrogen and oxygen atoms in total. The van der Waals surface area contributed by atoms with Gasteiger partial charge in [0.1, 0.15) is 23.9 Å². The lowest BCUT2D eigenvalue weighted by Gasteiger charge is -2.30. The summed E-state index contributed by atoms with van der Waals surface area (Å²) in [5, 5.41) is 9.87. The van der Waals surface area contributed by atoms with E-state index < -0.39 is 0 Å². The van der Waals surface area contributed by atoms with Crippen LogP contribution in [0.25, 0.3) is 0 Å². The van der Waals surface area contributed by atoms with E-state index in [2.05, 4.69) is 65.4 Å². The summed E-state index contributed by atoms with van der Waals surface area (Å²) in [6.45, 7) is 6.02. The Morgan fingerprint density at radius 3 is 2.54 bits per heavy atom. The van der Waals surface area contributed by atoms with Gasteiger partial charge in [0.15, 0.2) is 0 Å². The number of fused-ring (bicyclic) bond motifs is 1. The number of nitrogens with zero attached hydrogens (tertiary/aromatic N) is 2. The van der Waals surface area contributed by atoms with Gasteiger partial charge in [-0.25, -0.2) is 0 Å². The molecular formula is C31H38N2O4. The maximum Gasteiger partial charge on any atom is 0.120 e. The number of methoxy groups -OCH3 is 1. The first-order valence-electron chi connectivity index (χ1n) is 13.3. The highest BCUT2D eigenvalue weighted by atomic mass is 16.5. The molecule has 3 aromatic carbocycles. The van der Waals surface area contributed by atoms with Crippen molar-refractivity contribution in [1.29, 1.82) is 0 Å². The second kappa shape index (κ2) is 11.9. The van der Waals surface area contributed by atoms with Crippen LogP contribution >= 0.6 is 0 Å². The van der Waals surface area contributed by atoms with Crippen molar-refractivity contribution in [3.63, 3.8) is 0 Å². The second-order valence-electron chi connectivity index (χ2n) is 10.1. The third kappa shape index (κ3) is 6.38. The van der Waals surface area contributed by atoms with E-state index in [4.69, 9.17) is 14.2 Å². The van der Waals surface area contributed by atoms with Crippen molar-refractivity contribution in [2.24, 2.45) is 0 Å². The van der Waals surface area contributed by atoms with Crippen LogP contribution in [-0.2, 0) is 24.1 Å². The molecule has 6 heteroatoms. The van der Waals surface area contributed by atoms with Crippen LogP contribution in [-0.4, -0.2) is 63.6 Å². The van der Waals surface area contributed by atoms with Crippen molar-refractivity contribution in [1.82, 2.24) is 4.90 Å². The maximum atomic E-state index is 9.87. The first-order valence-corrected chi connectivity index (χ1v) is 13.3. The Kier molecular flexibility index (Phi) is 8.17. The zero-order valence-corrected chi connectivity index (χ0v) is 22.0. The van der Waals surface area contributed by atoms with Crippen molar-refractivity contribution >= 4 is 5.69 Å². The standard InChI is InChI=1S/C31H38N2O4/c1-32(22-23-3-9-28(10-4-23)37-18-15-33-13-16-36-17-14-33)31-21-29(35-2)11-12-30(31)26-6-5-25-20-27(34)8-7-24(25)19-26/h3-4,7-12,20-21,26,34H,5-6,13-19,22H2,1-2H3. The summed E-state index contributed by atoms with van der Waals surface area (Å²) >= 11 is 0. The molecule has 1 atom stereocenters. The molecule has 0 amide bonds. The van der Waals surface area contributed by atoms with Crippen molar-refractivity contribution in [2.75, 3.05) is 58.5 Å². The molecule has 0 saturated carbocycles. The van der Waals surface area contributed by atoms with Crippen molar-refractivity contribution in [3.8, 4) is 17.2 Å². The van der Waals surface area contributed by atoms with Gasteiger partial charge in [-0.1, -0.05) is 24.3 Å². The minimum absolute atomic E-state index is 0.357. The third-order valence-corrected chi connectivity index (χ3v) is 7.63. The van der Waals surface area contributed by atoms with Crippen LogP contribution in [0.15, 0.2) is 60.7 Å². The monoisotopic (exact) mass is 502 g/mol. The Hall–Kier alpha value is -3.22. The molecule has 1 saturated heterocycles. The van der Waals surface area contributed by atoms with Gasteiger partial charge in [0.05, 0.1) is 20.3 Å². The van der Waals surface area contributed by atoms with Crippen LogP contribution in [0.3, 0.4) is 0 Å². The average Bonchev–Trinajstić information content (AvgIpc) is 2.94. The molecule has 0 radical (unpaired) electrons. The summed E-state index contributed by atoms with van der Waals surface area (Å²) in [5.74, 6) is 2.57. The van der Waals surface area contributed by atoms with Crippen LogP contribution < -0.4 is 14.4 Å². The largest absolute Gasteiger partial charge is 0.508 e. The molecule has 1 fully saturated rings. The summed E-state index contributed by atoms with van der Waals surface area (Å²) in [6.07, 6.45) is 3.04. The molecule has 1 aliphatic carbocycles. The smallest absolute Gasteiger partial charge is 0.120 e. The van der Waals surface area contributed by atoms with E-state index in [1.807, 2.05) is 6.07 Å². The molecular weight excluding hydrogens is 464 g/mol. The number of benzene rings is 3. The lowest BCUT2D eigenvalue weighted by molar-refractivity contribution is 0.0322. The summed E-state index contributed by atoms with van der Waals surface area (Å²) in [7, 11) is 3.87. The predicted octanol–water partition coefficient (Wildman–Crippen LogP) is 5.02. The molecule has 0 aromatic heterocycles. The topological polar surface area (TPSA) is 54.4 Å². The van der Waals surface area contributed by atoms with E-state index in [0.717, 1.165) is 70.2 Å². The van der Waals surface area contributed by atoms with Crippen LogP contribution in [0.4, 0.5) is 5.69 Å². The minimum Gasteiger partial charge on any atom is -0.508 e. The molecule has 1 heterocycles. The van der Waals surface area contributed by atoms with Gasteiger partial charge in [-0.15, -0.1) is 0 Å². The molecule has 5 rings (SSSR count). The summed E-state index contributed by atoms with van der Waals surface area (Å²) in [4.78, 5) is 4.70. The van der Waals surface area contributed by atoms with Crippen LogP contribution in [0.2, 0.25) is 0 Å². The van der Waals surface area contributed by atoms with Gasteiger partial charge in [0.25, 0.3) is 0 Å². The van der Waals surface area contributed by atoms with E-state index in [9.17, 15) is 5.11 Å². The molecule has 196 valence electrons. The Bertz CT molecular complexity index is 1170. The zero-order valence-electron chi connectivity index (χ0n) is 22.0. The Morgan fingerprint density at radius 2 is 1.76 bits per heavy atom. The number of hydrogen-bond donors (Lipinski definition) is 1. The normalized spacial score (nSPS) is 17.7. The SMILES string of the molecule is COc1ccc(C2CCc3cc(O)ccc3C2)c(N(C)Cc2ccc(OCCN3CCOCC3)cc2)c1. The van der Waals surface area contributed by atoms with Gasteiger partial charge in [-0.05, 0) is 77.8 Å². The molecule has 1 unspecified atom stereocenters. The quantitative estimate of drug-likeness (QED) is 0.443. The van der Waals surface area contributed by atoms with Crippen molar-refractivity contribution in [2.45, 2.75) is 31.7 Å². The van der Waals surface area contributed by atoms with Gasteiger partial charge in [-0.2, -0.15) is 0 Å². The number of hydrogen-bond acceptors (Lipinski definition) is 6. The third-order valence-electron chi connectivity index (χ3n) is 7.63. The molecule has 37 heavy (non-hydrogen) atoms. The number of aromatic hydroxyl groups is 1. The molecule has 2 aliphatic rings. The Labute approximate surface area is 220 Å². The van der Waals surface area contributed by atoms with Crippen molar-refractivity contribution < 1.29 is 19.3 Å². The lowest BCUT2D eigenvalue weighted by atomic mass is 9.79. The first kappa shape index (κ1) is 25.4. The highest BCUT2D eigenvalue weighted by Gasteiger charge is 2.24. The summed E-state index contributed by atoms with van der Waals surface area (Å²) < 4.78 is 17.0. The first-order chi connectivity index (χ1) is 18.1. The van der Waals surface area contributed by atoms with E-state index in [0.29, 0.717) is 18.3 Å². The second-order valence-corrected chi connectivity index (χ2v) is 10.1. The van der Waals surface area contributed by atoms with Crippen LogP contribution in [0.5, 0.6) is 17.2 Å². The maximum absolute atomic E-state index is 9.87. The fourth-order valence-corrected chi connectivity index (χ4v) is 5.50. The number of aryl methyl sites for hydroxylation is 1. The van der Waals surface area contributed by atoms with E-state index >= 15 is 0 Å². The van der Waals surface area contributed by atoms with E-state index in [-0.39, 0.29) is 0 Å². The van der Waals surface area contributed by atoms with Gasteiger partial charge in [0, 0.05) is 45.0 Å². The van der Waals surface area contributed by atoms with Crippen LogP contribution in [0, 0.1) is 0 Å². The summed E-state index contributed by atoms with van der Waals surface area (Å²) in [5.41, 5.74) is 6.40. The molecule has 1 N–H and O–H groups in total. The number of rotatable bonds is 9. The molecule has 0 spiro atoms.